The van der Waals surface area contributed by atoms with Crippen molar-refractivity contribution in [3.05, 3.63) is 0 Å². The monoisotopic (exact) mass is 265 g/mol. The first-order valence-electron chi connectivity index (χ1n) is 5.14. The molecule has 0 saturated carbocycles. The minimum absolute atomic E-state index is 0.0999. The maximum absolute atomic E-state index is 11.7. The molecule has 0 aromatic heterocycles. The molecule has 0 spiro atoms. The molecule has 0 aromatic carbocycles. The first kappa shape index (κ1) is 13.7. The van der Waals surface area contributed by atoms with E-state index in [-0.39, 0.29) is 19.7 Å². The van der Waals surface area contributed by atoms with Crippen LogP contribution in [0.2, 0.25) is 0 Å². The van der Waals surface area contributed by atoms with Gasteiger partial charge in [0.15, 0.2) is 0 Å². The average Bonchev–Trinajstić information content (AvgIpc) is 2.28. The molecule has 98 valence electrons. The molecule has 17 heavy (non-hydrogen) atoms. The van der Waals surface area contributed by atoms with Crippen molar-refractivity contribution >= 4 is 22.0 Å². The number of amides is 1. The number of hydrogen-bond donors (Lipinski definition) is 2. The van der Waals surface area contributed by atoms with Crippen LogP contribution in [-0.4, -0.2) is 49.4 Å². The van der Waals surface area contributed by atoms with Crippen molar-refractivity contribution in [2.45, 2.75) is 19.8 Å². The highest BCUT2D eigenvalue weighted by Crippen LogP contribution is 2.10. The topological polar surface area (TPSA) is 108 Å². The number of carbonyl (C=O) groups excluding carboxylic acids is 1. The smallest absolute Gasteiger partial charge is 0.421 e. The van der Waals surface area contributed by atoms with E-state index in [1.165, 1.54) is 0 Å². The molecule has 1 saturated heterocycles. The Morgan fingerprint density at radius 3 is 2.59 bits per heavy atom. The van der Waals surface area contributed by atoms with E-state index >= 15 is 0 Å². The fourth-order valence-electron chi connectivity index (χ4n) is 1.42. The summed E-state index contributed by atoms with van der Waals surface area (Å²) in [5, 5.41) is 11.6. The standard InChI is InChI=1S/C8H15N3O5S/c1-2-16-8(12)10-17(14,15)11-5-3-7(9-13)4-6-11/h13H,2-6H2,1H3,(H,10,12). The number of nitrogens with zero attached hydrogens (tertiary/aromatic N) is 2. The van der Waals surface area contributed by atoms with Crippen LogP contribution in [0.4, 0.5) is 4.79 Å². The van der Waals surface area contributed by atoms with Crippen LogP contribution < -0.4 is 4.72 Å². The SMILES string of the molecule is CCOC(=O)NS(=O)(=O)N1CCC(=NO)CC1. The van der Waals surface area contributed by atoms with Gasteiger partial charge in [0.05, 0.1) is 12.3 Å². The van der Waals surface area contributed by atoms with Gasteiger partial charge < -0.3 is 9.94 Å². The summed E-state index contributed by atoms with van der Waals surface area (Å²) in [6, 6.07) is 0. The Morgan fingerprint density at radius 2 is 2.12 bits per heavy atom. The molecule has 1 heterocycles. The van der Waals surface area contributed by atoms with Crippen LogP contribution in [0.5, 0.6) is 0 Å². The highest BCUT2D eigenvalue weighted by Gasteiger charge is 2.28. The number of rotatable bonds is 3. The third-order valence-corrected chi connectivity index (χ3v) is 3.74. The van der Waals surface area contributed by atoms with Crippen LogP contribution in [0.15, 0.2) is 5.16 Å². The van der Waals surface area contributed by atoms with Gasteiger partial charge in [-0.25, -0.2) is 9.52 Å². The third-order valence-electron chi connectivity index (χ3n) is 2.27. The molecular weight excluding hydrogens is 250 g/mol. The Kier molecular flexibility index (Phi) is 4.70. The summed E-state index contributed by atoms with van der Waals surface area (Å²) in [7, 11) is -3.86. The van der Waals surface area contributed by atoms with E-state index in [9.17, 15) is 13.2 Å². The van der Waals surface area contributed by atoms with Crippen molar-refractivity contribution in [1.82, 2.24) is 9.03 Å². The molecule has 1 amide bonds. The first-order valence-corrected chi connectivity index (χ1v) is 6.58. The molecule has 1 rings (SSSR count). The van der Waals surface area contributed by atoms with E-state index in [2.05, 4.69) is 9.89 Å². The fraction of sp³-hybridized carbons (Fsp3) is 0.750. The van der Waals surface area contributed by atoms with Crippen LogP contribution in [0.25, 0.3) is 0 Å². The quantitative estimate of drug-likeness (QED) is 0.547. The second-order valence-electron chi connectivity index (χ2n) is 3.39. The number of oxime groups is 1. The predicted octanol–water partition coefficient (Wildman–Crippen LogP) is -0.0967. The van der Waals surface area contributed by atoms with Gasteiger partial charge in [-0.05, 0) is 6.92 Å². The Hall–Kier alpha value is -1.35. The van der Waals surface area contributed by atoms with Gasteiger partial charge in [-0.3, -0.25) is 0 Å². The third kappa shape index (κ3) is 3.86. The van der Waals surface area contributed by atoms with Gasteiger partial charge in [0, 0.05) is 25.9 Å². The van der Waals surface area contributed by atoms with Crippen molar-refractivity contribution in [1.29, 1.82) is 0 Å². The van der Waals surface area contributed by atoms with E-state index < -0.39 is 16.3 Å². The summed E-state index contributed by atoms with van der Waals surface area (Å²) in [5.74, 6) is 0. The maximum atomic E-state index is 11.7. The zero-order valence-corrected chi connectivity index (χ0v) is 10.2. The molecule has 1 aliphatic heterocycles. The van der Waals surface area contributed by atoms with Crippen LogP contribution in [-0.2, 0) is 14.9 Å². The Bertz CT molecular complexity index is 395. The highest BCUT2D eigenvalue weighted by molar-refractivity contribution is 7.87. The van der Waals surface area contributed by atoms with Gasteiger partial charge in [0.1, 0.15) is 0 Å². The largest absolute Gasteiger partial charge is 0.449 e. The van der Waals surface area contributed by atoms with Crippen molar-refractivity contribution in [3.63, 3.8) is 0 Å². The summed E-state index contributed by atoms with van der Waals surface area (Å²) in [4.78, 5) is 11.0. The normalized spacial score (nSPS) is 17.6. The number of carbonyl (C=O) groups is 1. The lowest BCUT2D eigenvalue weighted by molar-refractivity contribution is 0.158. The van der Waals surface area contributed by atoms with E-state index in [4.69, 9.17) is 5.21 Å². The number of nitrogens with one attached hydrogen (secondary N) is 1. The number of ether oxygens (including phenoxy) is 1. The molecule has 9 heteroatoms. The lowest BCUT2D eigenvalue weighted by Crippen LogP contribution is -2.47. The molecule has 1 aliphatic rings. The fourth-order valence-corrected chi connectivity index (χ4v) is 2.48. The first-order chi connectivity index (χ1) is 7.99. The van der Waals surface area contributed by atoms with Crippen molar-refractivity contribution in [3.8, 4) is 0 Å². The maximum Gasteiger partial charge on any atom is 0.421 e. The second-order valence-corrected chi connectivity index (χ2v) is 5.06. The zero-order chi connectivity index (χ0) is 12.9. The number of piperidine rings is 1. The average molecular weight is 265 g/mol. The van der Waals surface area contributed by atoms with E-state index in [1.807, 2.05) is 0 Å². The van der Waals surface area contributed by atoms with E-state index in [0.717, 1.165) is 4.31 Å². The molecule has 2 N–H and O–H groups in total. The molecule has 0 aromatic rings. The van der Waals surface area contributed by atoms with Crippen LogP contribution in [0.1, 0.15) is 19.8 Å². The lowest BCUT2D eigenvalue weighted by atomic mass is 10.1. The summed E-state index contributed by atoms with van der Waals surface area (Å²) in [5.41, 5.74) is 0.549. The summed E-state index contributed by atoms with van der Waals surface area (Å²) < 4.78 is 30.8. The lowest BCUT2D eigenvalue weighted by Gasteiger charge is -2.25. The van der Waals surface area contributed by atoms with Gasteiger partial charge in [0.25, 0.3) is 0 Å². The summed E-state index contributed by atoms with van der Waals surface area (Å²) in [6.45, 7) is 2.03. The molecule has 1 fully saturated rings. The molecular formula is C8H15N3O5S. The van der Waals surface area contributed by atoms with Gasteiger partial charge >= 0.3 is 16.3 Å². The van der Waals surface area contributed by atoms with Gasteiger partial charge in [-0.15, -0.1) is 0 Å². The summed E-state index contributed by atoms with van der Waals surface area (Å²) in [6.07, 6.45) is -0.297. The molecule has 0 atom stereocenters. The number of hydrogen-bond acceptors (Lipinski definition) is 6. The highest BCUT2D eigenvalue weighted by atomic mass is 32.2. The van der Waals surface area contributed by atoms with Crippen LogP contribution in [0.3, 0.4) is 0 Å². The van der Waals surface area contributed by atoms with Gasteiger partial charge in [0.2, 0.25) is 0 Å². The summed E-state index contributed by atoms with van der Waals surface area (Å²) >= 11 is 0. The molecule has 0 unspecified atom stereocenters. The second kappa shape index (κ2) is 5.82. The zero-order valence-electron chi connectivity index (χ0n) is 9.42. The van der Waals surface area contributed by atoms with Crippen LogP contribution >= 0.6 is 0 Å². The van der Waals surface area contributed by atoms with Gasteiger partial charge in [-0.2, -0.15) is 12.7 Å². The minimum Gasteiger partial charge on any atom is -0.449 e. The van der Waals surface area contributed by atoms with Crippen molar-refractivity contribution in [2.24, 2.45) is 5.16 Å². The van der Waals surface area contributed by atoms with E-state index in [0.29, 0.717) is 18.6 Å². The Balaban J connectivity index is 2.57. The van der Waals surface area contributed by atoms with Crippen molar-refractivity contribution in [2.75, 3.05) is 19.7 Å². The molecule has 0 aliphatic carbocycles. The van der Waals surface area contributed by atoms with E-state index in [1.54, 1.807) is 11.6 Å². The van der Waals surface area contributed by atoms with Crippen molar-refractivity contribution < 1.29 is 23.2 Å². The molecule has 0 bridgehead atoms. The Morgan fingerprint density at radius 1 is 1.53 bits per heavy atom. The molecule has 0 radical (unpaired) electrons. The molecule has 8 nitrogen and oxygen atoms in total. The van der Waals surface area contributed by atoms with Gasteiger partial charge in [-0.1, -0.05) is 5.16 Å². The Labute approximate surface area is 99.4 Å². The predicted molar refractivity (Wildman–Crippen MR) is 59.1 cm³/mol. The van der Waals surface area contributed by atoms with Crippen LogP contribution in [0, 0.1) is 0 Å². The minimum atomic E-state index is -3.86.